The van der Waals surface area contributed by atoms with Gasteiger partial charge in [0.15, 0.2) is 5.82 Å². The summed E-state index contributed by atoms with van der Waals surface area (Å²) in [6.07, 6.45) is 2.42. The van der Waals surface area contributed by atoms with Gasteiger partial charge in [-0.05, 0) is 38.0 Å². The first-order valence-corrected chi connectivity index (χ1v) is 7.16. The van der Waals surface area contributed by atoms with Crippen LogP contribution in [0.4, 0.5) is 4.39 Å². The predicted molar refractivity (Wildman–Crippen MR) is 74.3 cm³/mol. The molecule has 0 saturated carbocycles. The Balaban J connectivity index is 1.77. The maximum Gasteiger partial charge on any atom is 0.171 e. The number of ether oxygens (including phenoxy) is 1. The summed E-state index contributed by atoms with van der Waals surface area (Å²) >= 11 is 0. The Morgan fingerprint density at radius 3 is 3.05 bits per heavy atom. The fraction of sp³-hybridized carbons (Fsp3) is 0.467. The van der Waals surface area contributed by atoms with Crippen LogP contribution < -0.4 is 4.74 Å². The molecule has 6 heteroatoms. The molecule has 0 saturated heterocycles. The molecule has 0 amide bonds. The molecule has 112 valence electrons. The van der Waals surface area contributed by atoms with Crippen molar-refractivity contribution in [3.63, 3.8) is 0 Å². The molecule has 5 nitrogen and oxygen atoms in total. The van der Waals surface area contributed by atoms with E-state index in [-0.39, 0.29) is 6.61 Å². The Labute approximate surface area is 122 Å². The highest BCUT2D eigenvalue weighted by molar-refractivity contribution is 5.35. The topological polar surface area (TPSA) is 60.2 Å². The Bertz CT molecular complexity index is 640. The normalized spacial score (nSPS) is 15.6. The Kier molecular flexibility index (Phi) is 3.88. The highest BCUT2D eigenvalue weighted by Crippen LogP contribution is 2.27. The summed E-state index contributed by atoms with van der Waals surface area (Å²) in [5.74, 6) is 1.85. The molecule has 2 aromatic rings. The van der Waals surface area contributed by atoms with Gasteiger partial charge in [0.05, 0.1) is 6.10 Å². The van der Waals surface area contributed by atoms with E-state index in [9.17, 15) is 9.50 Å². The number of rotatable bonds is 4. The van der Waals surface area contributed by atoms with E-state index in [1.54, 1.807) is 6.92 Å². The lowest BCUT2D eigenvalue weighted by Crippen LogP contribution is -2.14. The first-order chi connectivity index (χ1) is 10.1. The van der Waals surface area contributed by atoms with Crippen LogP contribution in [0.5, 0.6) is 5.75 Å². The molecule has 0 spiro atoms. The van der Waals surface area contributed by atoms with Gasteiger partial charge in [-0.15, -0.1) is 10.2 Å². The molecule has 0 bridgehead atoms. The summed E-state index contributed by atoms with van der Waals surface area (Å²) in [6.45, 7) is 2.76. The van der Waals surface area contributed by atoms with Crippen molar-refractivity contribution >= 4 is 0 Å². The number of hydrogen-bond donors (Lipinski definition) is 1. The van der Waals surface area contributed by atoms with Crippen molar-refractivity contribution in [1.29, 1.82) is 0 Å². The van der Waals surface area contributed by atoms with Gasteiger partial charge in [-0.2, -0.15) is 0 Å². The number of aromatic nitrogens is 3. The highest BCUT2D eigenvalue weighted by Gasteiger charge is 2.17. The summed E-state index contributed by atoms with van der Waals surface area (Å²) in [5.41, 5.74) is 0.438. The zero-order valence-corrected chi connectivity index (χ0v) is 11.9. The van der Waals surface area contributed by atoms with E-state index in [1.807, 2.05) is 0 Å². The Morgan fingerprint density at radius 1 is 1.38 bits per heavy atom. The number of aryl methyl sites for hydroxylation is 1. The van der Waals surface area contributed by atoms with Crippen molar-refractivity contribution in [2.24, 2.45) is 0 Å². The highest BCUT2D eigenvalue weighted by atomic mass is 19.1. The van der Waals surface area contributed by atoms with Gasteiger partial charge in [0.25, 0.3) is 0 Å². The number of hydrogen-bond acceptors (Lipinski definition) is 4. The lowest BCUT2D eigenvalue weighted by molar-refractivity contribution is 0.188. The van der Waals surface area contributed by atoms with Gasteiger partial charge >= 0.3 is 0 Å². The van der Waals surface area contributed by atoms with Gasteiger partial charge in [-0.25, -0.2) is 4.39 Å². The molecule has 0 fully saturated rings. The first kappa shape index (κ1) is 14.0. The quantitative estimate of drug-likeness (QED) is 0.939. The molecule has 1 aromatic carbocycles. The van der Waals surface area contributed by atoms with E-state index in [1.165, 1.54) is 18.2 Å². The van der Waals surface area contributed by atoms with E-state index in [2.05, 4.69) is 14.8 Å². The van der Waals surface area contributed by atoms with Crippen molar-refractivity contribution in [2.45, 2.75) is 45.4 Å². The van der Waals surface area contributed by atoms with E-state index >= 15 is 0 Å². The third-order valence-electron chi connectivity index (χ3n) is 3.71. The van der Waals surface area contributed by atoms with Gasteiger partial charge in [-0.3, -0.25) is 0 Å². The van der Waals surface area contributed by atoms with Crippen molar-refractivity contribution in [3.05, 3.63) is 41.2 Å². The van der Waals surface area contributed by atoms with Gasteiger partial charge in [0, 0.05) is 18.5 Å². The summed E-state index contributed by atoms with van der Waals surface area (Å²) in [5, 5.41) is 18.0. The van der Waals surface area contributed by atoms with Gasteiger partial charge in [-0.1, -0.05) is 0 Å². The molecule has 2 heterocycles. The number of aliphatic hydroxyl groups excluding tert-OH is 1. The molecule has 1 aromatic heterocycles. The molecule has 0 unspecified atom stereocenters. The zero-order chi connectivity index (χ0) is 14.8. The van der Waals surface area contributed by atoms with Crippen LogP contribution >= 0.6 is 0 Å². The van der Waals surface area contributed by atoms with Crippen molar-refractivity contribution in [1.82, 2.24) is 14.8 Å². The van der Waals surface area contributed by atoms with Crippen molar-refractivity contribution in [2.75, 3.05) is 0 Å². The Hall–Kier alpha value is -1.95. The van der Waals surface area contributed by atoms with E-state index in [0.717, 1.165) is 37.5 Å². The third-order valence-corrected chi connectivity index (χ3v) is 3.71. The minimum Gasteiger partial charge on any atom is -0.485 e. The lowest BCUT2D eigenvalue weighted by Gasteiger charge is -2.16. The summed E-state index contributed by atoms with van der Waals surface area (Å²) in [6, 6.07) is 4.14. The minimum atomic E-state index is -0.789. The molecule has 1 atom stereocenters. The van der Waals surface area contributed by atoms with Crippen LogP contribution in [0.25, 0.3) is 0 Å². The number of aliphatic hydroxyl groups is 1. The van der Waals surface area contributed by atoms with Gasteiger partial charge < -0.3 is 14.4 Å². The van der Waals surface area contributed by atoms with Crippen LogP contribution in [-0.2, 0) is 19.6 Å². The largest absolute Gasteiger partial charge is 0.485 e. The zero-order valence-electron chi connectivity index (χ0n) is 11.9. The lowest BCUT2D eigenvalue weighted by atomic mass is 10.1. The van der Waals surface area contributed by atoms with E-state index < -0.39 is 11.9 Å². The fourth-order valence-electron chi connectivity index (χ4n) is 2.59. The molecular weight excluding hydrogens is 273 g/mol. The van der Waals surface area contributed by atoms with E-state index in [4.69, 9.17) is 4.74 Å². The molecule has 21 heavy (non-hydrogen) atoms. The second kappa shape index (κ2) is 5.81. The molecule has 1 aliphatic heterocycles. The average Bonchev–Trinajstić information content (AvgIpc) is 2.89. The van der Waals surface area contributed by atoms with Crippen molar-refractivity contribution < 1.29 is 14.2 Å². The van der Waals surface area contributed by atoms with Crippen LogP contribution in [0.3, 0.4) is 0 Å². The number of halogens is 1. The third kappa shape index (κ3) is 2.90. The summed E-state index contributed by atoms with van der Waals surface area (Å²) in [4.78, 5) is 0. The Morgan fingerprint density at radius 2 is 2.24 bits per heavy atom. The maximum absolute atomic E-state index is 13.3. The van der Waals surface area contributed by atoms with Crippen LogP contribution in [-0.4, -0.2) is 19.9 Å². The molecule has 0 radical (unpaired) electrons. The maximum atomic E-state index is 13.3. The molecule has 3 rings (SSSR count). The van der Waals surface area contributed by atoms with Crippen LogP contribution in [0.15, 0.2) is 18.2 Å². The number of fused-ring (bicyclic) bond motifs is 1. The second-order valence-electron chi connectivity index (χ2n) is 5.29. The van der Waals surface area contributed by atoms with Crippen molar-refractivity contribution in [3.8, 4) is 5.75 Å². The molecule has 1 aliphatic rings. The number of nitrogens with zero attached hydrogens (tertiary/aromatic N) is 3. The van der Waals surface area contributed by atoms with Crippen LogP contribution in [0, 0.1) is 5.82 Å². The molecular formula is C15H18FN3O2. The van der Waals surface area contributed by atoms with E-state index in [0.29, 0.717) is 11.3 Å². The summed E-state index contributed by atoms with van der Waals surface area (Å²) < 4.78 is 21.0. The average molecular weight is 291 g/mol. The monoisotopic (exact) mass is 291 g/mol. The van der Waals surface area contributed by atoms with Gasteiger partial charge in [0.1, 0.15) is 24.0 Å². The molecule has 1 N–H and O–H groups in total. The van der Waals surface area contributed by atoms with Gasteiger partial charge in [0.2, 0.25) is 0 Å². The summed E-state index contributed by atoms with van der Waals surface area (Å²) in [7, 11) is 0. The van der Waals surface area contributed by atoms with Crippen LogP contribution in [0.1, 0.15) is 43.1 Å². The predicted octanol–water partition coefficient (Wildman–Crippen LogP) is 2.39. The first-order valence-electron chi connectivity index (χ1n) is 7.16. The minimum absolute atomic E-state index is 0.262. The molecule has 0 aliphatic carbocycles. The van der Waals surface area contributed by atoms with Crippen LogP contribution in [0.2, 0.25) is 0 Å². The fourth-order valence-corrected chi connectivity index (χ4v) is 2.59. The number of benzene rings is 1. The second-order valence-corrected chi connectivity index (χ2v) is 5.29. The SMILES string of the molecule is C[C@H](O)c1cc(F)ccc1OCc1nnc2n1CCCC2. The standard InChI is InChI=1S/C15H18FN3O2/c1-10(20)12-8-11(16)5-6-13(12)21-9-15-18-17-14-4-2-3-7-19(14)15/h5-6,8,10,20H,2-4,7,9H2,1H3/t10-/m0/s1. The smallest absolute Gasteiger partial charge is 0.171 e.